The van der Waals surface area contributed by atoms with Crippen LogP contribution in [0.1, 0.15) is 5.82 Å². The van der Waals surface area contributed by atoms with Gasteiger partial charge in [-0.15, -0.1) is 0 Å². The number of aryl methyl sites for hydroxylation is 1. The van der Waals surface area contributed by atoms with Crippen LogP contribution < -0.4 is 16.6 Å². The van der Waals surface area contributed by atoms with E-state index in [1.807, 2.05) is 0 Å². The fraction of sp³-hybridized carbons (Fsp3) is 0.0909. The smallest absolute Gasteiger partial charge is 0.146 e. The lowest BCUT2D eigenvalue weighted by Crippen LogP contribution is -2.10. The van der Waals surface area contributed by atoms with Crippen LogP contribution in [0.25, 0.3) is 0 Å². The fourth-order valence-corrected chi connectivity index (χ4v) is 1.80. The second-order valence-corrected chi connectivity index (χ2v) is 4.49. The molecule has 2 rings (SSSR count). The number of rotatable bonds is 3. The number of aromatic nitrogens is 2. The van der Waals surface area contributed by atoms with Crippen molar-refractivity contribution >= 4 is 33.3 Å². The highest BCUT2D eigenvalue weighted by Gasteiger charge is 2.06. The minimum atomic E-state index is -0.364. The van der Waals surface area contributed by atoms with E-state index >= 15 is 0 Å². The third-order valence-electron chi connectivity index (χ3n) is 2.18. The number of nitrogen functional groups attached to an aromatic ring is 1. The van der Waals surface area contributed by atoms with Gasteiger partial charge in [0.2, 0.25) is 0 Å². The number of hydrogen-bond donors (Lipinski definition) is 3. The Morgan fingerprint density at radius 1 is 1.22 bits per heavy atom. The Morgan fingerprint density at radius 3 is 2.67 bits per heavy atom. The Balaban J connectivity index is 2.33. The van der Waals surface area contributed by atoms with E-state index in [9.17, 15) is 4.39 Å². The van der Waals surface area contributed by atoms with Gasteiger partial charge in [0.1, 0.15) is 23.3 Å². The molecule has 1 heterocycles. The van der Waals surface area contributed by atoms with Gasteiger partial charge >= 0.3 is 0 Å². The zero-order valence-corrected chi connectivity index (χ0v) is 11.1. The van der Waals surface area contributed by atoms with Crippen LogP contribution in [0, 0.1) is 12.7 Å². The zero-order valence-electron chi connectivity index (χ0n) is 9.54. The molecule has 94 valence electrons. The Morgan fingerprint density at radius 2 is 1.94 bits per heavy atom. The second kappa shape index (κ2) is 5.28. The third-order valence-corrected chi connectivity index (χ3v) is 2.67. The number of halogens is 2. The molecule has 0 aliphatic heterocycles. The largest absolute Gasteiger partial charge is 0.338 e. The first-order chi connectivity index (χ1) is 8.58. The summed E-state index contributed by atoms with van der Waals surface area (Å²) < 4.78 is 14.3. The predicted molar refractivity (Wildman–Crippen MR) is 72.0 cm³/mol. The molecule has 7 heteroatoms. The average Bonchev–Trinajstić information content (AvgIpc) is 2.33. The summed E-state index contributed by atoms with van der Waals surface area (Å²) in [6.45, 7) is 1.73. The molecule has 0 radical (unpaired) electrons. The van der Waals surface area contributed by atoms with Crippen LogP contribution in [0.2, 0.25) is 0 Å². The molecule has 0 aliphatic rings. The number of hydrazine groups is 1. The van der Waals surface area contributed by atoms with E-state index < -0.39 is 0 Å². The van der Waals surface area contributed by atoms with Crippen molar-refractivity contribution in [2.75, 3.05) is 10.7 Å². The molecule has 0 saturated carbocycles. The highest BCUT2D eigenvalue weighted by molar-refractivity contribution is 9.10. The maximum absolute atomic E-state index is 13.6. The molecular formula is C11H11BrFN5. The van der Waals surface area contributed by atoms with E-state index in [1.54, 1.807) is 25.1 Å². The van der Waals surface area contributed by atoms with Crippen LogP contribution >= 0.6 is 15.9 Å². The topological polar surface area (TPSA) is 75.9 Å². The van der Waals surface area contributed by atoms with Crippen molar-refractivity contribution in [2.24, 2.45) is 5.84 Å². The van der Waals surface area contributed by atoms with Gasteiger partial charge in [0.25, 0.3) is 0 Å². The second-order valence-electron chi connectivity index (χ2n) is 3.58. The first-order valence-corrected chi connectivity index (χ1v) is 5.92. The summed E-state index contributed by atoms with van der Waals surface area (Å²) in [5, 5.41) is 2.88. The SMILES string of the molecule is Cc1nc(NN)cc(Nc2cc(Br)ccc2F)n1. The molecule has 18 heavy (non-hydrogen) atoms. The summed E-state index contributed by atoms with van der Waals surface area (Å²) in [6, 6.07) is 6.21. The summed E-state index contributed by atoms with van der Waals surface area (Å²) in [4.78, 5) is 8.19. The highest BCUT2D eigenvalue weighted by Crippen LogP contribution is 2.23. The standard InChI is InChI=1S/C11H11BrFN5/c1-6-15-10(5-11(16-6)18-14)17-9-4-7(12)2-3-8(9)13/h2-5H,14H2,1H3,(H2,15,16,17,18). The molecule has 0 atom stereocenters. The minimum absolute atomic E-state index is 0.324. The van der Waals surface area contributed by atoms with Gasteiger partial charge in [0, 0.05) is 10.5 Å². The number of hydrogen-bond acceptors (Lipinski definition) is 5. The maximum atomic E-state index is 13.6. The maximum Gasteiger partial charge on any atom is 0.146 e. The minimum Gasteiger partial charge on any atom is -0.338 e. The third kappa shape index (κ3) is 2.93. The quantitative estimate of drug-likeness (QED) is 0.600. The lowest BCUT2D eigenvalue weighted by Gasteiger charge is -2.09. The number of nitrogens with two attached hydrogens (primary N) is 1. The van der Waals surface area contributed by atoms with Crippen molar-refractivity contribution in [1.29, 1.82) is 0 Å². The predicted octanol–water partition coefficient (Wildman–Crippen LogP) is 2.72. The van der Waals surface area contributed by atoms with Gasteiger partial charge in [0.15, 0.2) is 0 Å². The summed E-state index contributed by atoms with van der Waals surface area (Å²) in [6.07, 6.45) is 0. The monoisotopic (exact) mass is 311 g/mol. The summed E-state index contributed by atoms with van der Waals surface area (Å²) in [7, 11) is 0. The van der Waals surface area contributed by atoms with Gasteiger partial charge < -0.3 is 10.7 Å². The van der Waals surface area contributed by atoms with Gasteiger partial charge in [-0.25, -0.2) is 20.2 Å². The number of anilines is 3. The molecule has 1 aromatic heterocycles. The molecule has 0 bridgehead atoms. The summed E-state index contributed by atoms with van der Waals surface area (Å²) in [5.74, 6) is 6.38. The number of nitrogens with one attached hydrogen (secondary N) is 2. The van der Waals surface area contributed by atoms with E-state index in [2.05, 4.69) is 36.6 Å². The van der Waals surface area contributed by atoms with Crippen LogP contribution in [0.5, 0.6) is 0 Å². The Labute approximate surface area is 112 Å². The molecular weight excluding hydrogens is 301 g/mol. The molecule has 0 fully saturated rings. The highest BCUT2D eigenvalue weighted by atomic mass is 79.9. The molecule has 5 nitrogen and oxygen atoms in total. The van der Waals surface area contributed by atoms with E-state index in [4.69, 9.17) is 5.84 Å². The van der Waals surface area contributed by atoms with Crippen LogP contribution in [0.4, 0.5) is 21.7 Å². The first-order valence-electron chi connectivity index (χ1n) is 5.13. The van der Waals surface area contributed by atoms with Gasteiger partial charge in [-0.2, -0.15) is 0 Å². The van der Waals surface area contributed by atoms with Gasteiger partial charge in [0.05, 0.1) is 5.69 Å². The van der Waals surface area contributed by atoms with E-state index in [0.717, 1.165) is 4.47 Å². The Hall–Kier alpha value is -1.73. The Bertz CT molecular complexity index is 575. The molecule has 0 spiro atoms. The van der Waals surface area contributed by atoms with Gasteiger partial charge in [-0.1, -0.05) is 15.9 Å². The van der Waals surface area contributed by atoms with Crippen molar-refractivity contribution in [3.63, 3.8) is 0 Å². The van der Waals surface area contributed by atoms with Crippen molar-refractivity contribution in [1.82, 2.24) is 9.97 Å². The average molecular weight is 312 g/mol. The summed E-state index contributed by atoms with van der Waals surface area (Å²) in [5.41, 5.74) is 2.75. The lowest BCUT2D eigenvalue weighted by atomic mass is 10.3. The number of nitrogens with zero attached hydrogens (tertiary/aromatic N) is 2. The normalized spacial score (nSPS) is 10.2. The molecule has 4 N–H and O–H groups in total. The fourth-order valence-electron chi connectivity index (χ4n) is 1.44. The van der Waals surface area contributed by atoms with Gasteiger partial charge in [-0.3, -0.25) is 0 Å². The molecule has 0 unspecified atom stereocenters. The van der Waals surface area contributed by atoms with E-state index in [-0.39, 0.29) is 5.82 Å². The molecule has 1 aromatic carbocycles. The first kappa shape index (κ1) is 12.7. The van der Waals surface area contributed by atoms with Crippen LogP contribution in [-0.2, 0) is 0 Å². The van der Waals surface area contributed by atoms with Crippen molar-refractivity contribution < 1.29 is 4.39 Å². The van der Waals surface area contributed by atoms with Crippen LogP contribution in [0.3, 0.4) is 0 Å². The van der Waals surface area contributed by atoms with Crippen LogP contribution in [-0.4, -0.2) is 9.97 Å². The van der Waals surface area contributed by atoms with Crippen molar-refractivity contribution in [3.05, 3.63) is 40.4 Å². The molecule has 2 aromatic rings. The van der Waals surface area contributed by atoms with Crippen molar-refractivity contribution in [3.8, 4) is 0 Å². The van der Waals surface area contributed by atoms with E-state index in [0.29, 0.717) is 23.1 Å². The molecule has 0 saturated heterocycles. The Kier molecular flexibility index (Phi) is 3.73. The molecule has 0 aliphatic carbocycles. The zero-order chi connectivity index (χ0) is 13.1. The number of benzene rings is 1. The van der Waals surface area contributed by atoms with Crippen LogP contribution in [0.15, 0.2) is 28.7 Å². The molecule has 0 amide bonds. The van der Waals surface area contributed by atoms with Gasteiger partial charge in [-0.05, 0) is 25.1 Å². The van der Waals surface area contributed by atoms with E-state index in [1.165, 1.54) is 6.07 Å². The van der Waals surface area contributed by atoms with Crippen molar-refractivity contribution in [2.45, 2.75) is 6.92 Å². The summed E-state index contributed by atoms with van der Waals surface area (Å²) >= 11 is 3.28. The lowest BCUT2D eigenvalue weighted by molar-refractivity contribution is 0.631.